The SMILES string of the molecule is COc1cc(/C=C2/SC(=S)N(c3cccc(Cl)c3)C2=O)ccc1OCC(=O)O. The van der Waals surface area contributed by atoms with Gasteiger partial charge in [0, 0.05) is 5.02 Å². The zero-order valence-corrected chi connectivity index (χ0v) is 16.9. The van der Waals surface area contributed by atoms with Crippen LogP contribution in [-0.2, 0) is 9.59 Å². The Bertz CT molecular complexity index is 992. The third-order valence-corrected chi connectivity index (χ3v) is 5.23. The van der Waals surface area contributed by atoms with E-state index < -0.39 is 12.6 Å². The van der Waals surface area contributed by atoms with E-state index in [-0.39, 0.29) is 5.91 Å². The van der Waals surface area contributed by atoms with Crippen LogP contribution in [0.15, 0.2) is 47.4 Å². The van der Waals surface area contributed by atoms with Crippen molar-refractivity contribution in [3.8, 4) is 11.5 Å². The molecule has 0 aliphatic carbocycles. The van der Waals surface area contributed by atoms with E-state index in [1.165, 1.54) is 23.8 Å². The molecule has 6 nitrogen and oxygen atoms in total. The van der Waals surface area contributed by atoms with Gasteiger partial charge in [0.05, 0.1) is 17.7 Å². The number of carboxylic acids is 1. The van der Waals surface area contributed by atoms with Gasteiger partial charge in [-0.1, -0.05) is 47.7 Å². The minimum atomic E-state index is -1.09. The molecule has 2 aromatic rings. The molecule has 0 spiro atoms. The van der Waals surface area contributed by atoms with Gasteiger partial charge in [0.1, 0.15) is 0 Å². The maximum atomic E-state index is 12.8. The van der Waals surface area contributed by atoms with Crippen molar-refractivity contribution in [2.45, 2.75) is 0 Å². The normalized spacial score (nSPS) is 15.2. The highest BCUT2D eigenvalue weighted by atomic mass is 35.5. The van der Waals surface area contributed by atoms with Gasteiger partial charge in [0.2, 0.25) is 0 Å². The second kappa shape index (κ2) is 8.64. The molecule has 144 valence electrons. The predicted molar refractivity (Wildman–Crippen MR) is 113 cm³/mol. The maximum Gasteiger partial charge on any atom is 0.341 e. The van der Waals surface area contributed by atoms with Gasteiger partial charge in [-0.25, -0.2) is 4.79 Å². The topological polar surface area (TPSA) is 76.1 Å². The average Bonchev–Trinajstić information content (AvgIpc) is 2.93. The first kappa shape index (κ1) is 20.2. The number of aliphatic carboxylic acids is 1. The molecule has 1 N–H and O–H groups in total. The first-order valence-electron chi connectivity index (χ1n) is 7.95. The number of hydrogen-bond donors (Lipinski definition) is 1. The summed E-state index contributed by atoms with van der Waals surface area (Å²) in [6.07, 6.45) is 1.69. The molecule has 1 amide bonds. The second-order valence-electron chi connectivity index (χ2n) is 5.59. The summed E-state index contributed by atoms with van der Waals surface area (Å²) in [5.41, 5.74) is 1.29. The van der Waals surface area contributed by atoms with E-state index in [9.17, 15) is 9.59 Å². The number of nitrogens with zero attached hydrogens (tertiary/aromatic N) is 1. The van der Waals surface area contributed by atoms with E-state index in [0.29, 0.717) is 37.0 Å². The highest BCUT2D eigenvalue weighted by molar-refractivity contribution is 8.27. The van der Waals surface area contributed by atoms with E-state index in [0.717, 1.165) is 0 Å². The summed E-state index contributed by atoms with van der Waals surface area (Å²) < 4.78 is 10.8. The molecular weight excluding hydrogens is 422 g/mol. The Labute approximate surface area is 175 Å². The summed E-state index contributed by atoms with van der Waals surface area (Å²) >= 11 is 12.5. The summed E-state index contributed by atoms with van der Waals surface area (Å²) in [5, 5.41) is 9.24. The fourth-order valence-electron chi connectivity index (χ4n) is 2.49. The number of amides is 1. The van der Waals surface area contributed by atoms with Crippen LogP contribution in [0.1, 0.15) is 5.56 Å². The first-order valence-corrected chi connectivity index (χ1v) is 9.55. The number of anilines is 1. The predicted octanol–water partition coefficient (Wildman–Crippen LogP) is 4.22. The number of halogens is 1. The van der Waals surface area contributed by atoms with Crippen molar-refractivity contribution in [2.75, 3.05) is 18.6 Å². The number of carbonyl (C=O) groups is 2. The summed E-state index contributed by atoms with van der Waals surface area (Å²) in [5.74, 6) is -0.674. The number of thiocarbonyl (C=S) groups is 1. The van der Waals surface area contributed by atoms with Crippen molar-refractivity contribution in [1.82, 2.24) is 0 Å². The summed E-state index contributed by atoms with van der Waals surface area (Å²) in [7, 11) is 1.45. The van der Waals surface area contributed by atoms with E-state index in [2.05, 4.69) is 0 Å². The van der Waals surface area contributed by atoms with Gasteiger partial charge in [-0.2, -0.15) is 0 Å². The number of carboxylic acid groups (broad SMARTS) is 1. The van der Waals surface area contributed by atoms with Gasteiger partial charge < -0.3 is 14.6 Å². The molecule has 1 saturated heterocycles. The third kappa shape index (κ3) is 4.46. The minimum Gasteiger partial charge on any atom is -0.493 e. The van der Waals surface area contributed by atoms with Crippen molar-refractivity contribution in [1.29, 1.82) is 0 Å². The molecule has 1 fully saturated rings. The number of hydrogen-bond acceptors (Lipinski definition) is 6. The Morgan fingerprint density at radius 2 is 2.07 bits per heavy atom. The minimum absolute atomic E-state index is 0.248. The Kier molecular flexibility index (Phi) is 6.23. The van der Waals surface area contributed by atoms with Gasteiger partial charge in [-0.3, -0.25) is 9.69 Å². The molecule has 3 rings (SSSR count). The van der Waals surface area contributed by atoms with E-state index in [4.69, 9.17) is 38.4 Å². The number of thioether (sulfide) groups is 1. The highest BCUT2D eigenvalue weighted by Gasteiger charge is 2.33. The van der Waals surface area contributed by atoms with Crippen LogP contribution in [-0.4, -0.2) is 35.0 Å². The van der Waals surface area contributed by atoms with Crippen LogP contribution in [0.4, 0.5) is 5.69 Å². The lowest BCUT2D eigenvalue weighted by Gasteiger charge is -2.14. The van der Waals surface area contributed by atoms with Crippen molar-refractivity contribution >= 4 is 63.5 Å². The Hall–Kier alpha value is -2.55. The molecule has 28 heavy (non-hydrogen) atoms. The second-order valence-corrected chi connectivity index (χ2v) is 7.70. The standard InChI is InChI=1S/C19H14ClNO5S2/c1-25-15-7-11(5-6-14(15)26-10-17(22)23)8-16-18(24)21(19(27)28-16)13-4-2-3-12(20)9-13/h2-9H,10H2,1H3,(H,22,23)/b16-8+. The number of carbonyl (C=O) groups excluding carboxylic acids is 1. The van der Waals surface area contributed by atoms with Crippen LogP contribution in [0.2, 0.25) is 5.02 Å². The number of rotatable bonds is 6. The summed E-state index contributed by atoms with van der Waals surface area (Å²) in [6.45, 7) is -0.478. The van der Waals surface area contributed by atoms with Crippen LogP contribution < -0.4 is 14.4 Å². The molecule has 1 aliphatic heterocycles. The zero-order valence-electron chi connectivity index (χ0n) is 14.5. The number of benzene rings is 2. The van der Waals surface area contributed by atoms with Crippen LogP contribution in [0, 0.1) is 0 Å². The van der Waals surface area contributed by atoms with Gasteiger partial charge in [0.15, 0.2) is 22.4 Å². The van der Waals surface area contributed by atoms with E-state index in [1.54, 1.807) is 48.5 Å². The zero-order chi connectivity index (χ0) is 20.3. The quantitative estimate of drug-likeness (QED) is 0.537. The van der Waals surface area contributed by atoms with Crippen LogP contribution in [0.25, 0.3) is 6.08 Å². The third-order valence-electron chi connectivity index (χ3n) is 3.70. The lowest BCUT2D eigenvalue weighted by atomic mass is 10.2. The molecule has 1 heterocycles. The fourth-order valence-corrected chi connectivity index (χ4v) is 3.97. The van der Waals surface area contributed by atoms with Crippen molar-refractivity contribution in [3.05, 3.63) is 58.0 Å². The molecule has 0 aromatic heterocycles. The largest absolute Gasteiger partial charge is 0.493 e. The highest BCUT2D eigenvalue weighted by Crippen LogP contribution is 2.37. The lowest BCUT2D eigenvalue weighted by molar-refractivity contribution is -0.139. The smallest absolute Gasteiger partial charge is 0.341 e. The summed E-state index contributed by atoms with van der Waals surface area (Å²) in [4.78, 5) is 25.4. The van der Waals surface area contributed by atoms with Crippen LogP contribution in [0.5, 0.6) is 11.5 Å². The van der Waals surface area contributed by atoms with E-state index >= 15 is 0 Å². The monoisotopic (exact) mass is 435 g/mol. The fraction of sp³-hybridized carbons (Fsp3) is 0.105. The average molecular weight is 436 g/mol. The molecule has 0 unspecified atom stereocenters. The maximum absolute atomic E-state index is 12.8. The van der Waals surface area contributed by atoms with Crippen molar-refractivity contribution < 1.29 is 24.2 Å². The molecular formula is C19H14ClNO5S2. The first-order chi connectivity index (χ1) is 13.4. The Morgan fingerprint density at radius 1 is 1.29 bits per heavy atom. The van der Waals surface area contributed by atoms with Gasteiger partial charge in [0.25, 0.3) is 5.91 Å². The molecule has 2 aromatic carbocycles. The molecule has 0 radical (unpaired) electrons. The molecule has 0 bridgehead atoms. The molecule has 1 aliphatic rings. The lowest BCUT2D eigenvalue weighted by Crippen LogP contribution is -2.27. The number of methoxy groups -OCH3 is 1. The van der Waals surface area contributed by atoms with Gasteiger partial charge in [-0.15, -0.1) is 0 Å². The molecule has 0 atom stereocenters. The number of ether oxygens (including phenoxy) is 2. The van der Waals surface area contributed by atoms with Gasteiger partial charge in [-0.05, 0) is 42.0 Å². The van der Waals surface area contributed by atoms with E-state index in [1.807, 2.05) is 0 Å². The summed E-state index contributed by atoms with van der Waals surface area (Å²) in [6, 6.07) is 11.9. The Morgan fingerprint density at radius 3 is 2.75 bits per heavy atom. The van der Waals surface area contributed by atoms with Crippen LogP contribution >= 0.6 is 35.6 Å². The van der Waals surface area contributed by atoms with Gasteiger partial charge >= 0.3 is 5.97 Å². The Balaban J connectivity index is 1.86. The molecule has 0 saturated carbocycles. The molecule has 9 heteroatoms. The van der Waals surface area contributed by atoms with Crippen LogP contribution in [0.3, 0.4) is 0 Å². The van der Waals surface area contributed by atoms with Crippen molar-refractivity contribution in [3.63, 3.8) is 0 Å². The van der Waals surface area contributed by atoms with Crippen molar-refractivity contribution in [2.24, 2.45) is 0 Å².